The van der Waals surface area contributed by atoms with E-state index >= 15 is 0 Å². The molecule has 240 valence electrons. The van der Waals surface area contributed by atoms with Crippen LogP contribution in [0.2, 0.25) is 0 Å². The van der Waals surface area contributed by atoms with E-state index < -0.39 is 21.2 Å². The normalized spacial score (nSPS) is 14.6. The van der Waals surface area contributed by atoms with E-state index in [9.17, 15) is 18.3 Å². The lowest BCUT2D eigenvalue weighted by Gasteiger charge is -2.22. The number of fused-ring (bicyclic) bond motifs is 1. The molecule has 0 atom stereocenters. The molecule has 7 nitrogen and oxygen atoms in total. The lowest BCUT2D eigenvalue weighted by molar-refractivity contribution is 0.0786. The molecule has 0 radical (unpaired) electrons. The summed E-state index contributed by atoms with van der Waals surface area (Å²) in [6, 6.07) is 23.1. The van der Waals surface area contributed by atoms with Crippen molar-refractivity contribution in [2.45, 2.75) is 63.4 Å². The molecule has 1 aliphatic heterocycles. The lowest BCUT2D eigenvalue weighted by atomic mass is 9.88. The van der Waals surface area contributed by atoms with Crippen molar-refractivity contribution in [2.75, 3.05) is 13.1 Å². The third-order valence-corrected chi connectivity index (χ3v) is 11.1. The molecule has 0 amide bonds. The van der Waals surface area contributed by atoms with Gasteiger partial charge < -0.3 is 15.0 Å². The summed E-state index contributed by atoms with van der Waals surface area (Å²) in [5, 5.41) is 14.9. The molecule has 6 rings (SSSR count). The van der Waals surface area contributed by atoms with Gasteiger partial charge in [-0.05, 0) is 124 Å². The van der Waals surface area contributed by atoms with Crippen LogP contribution >= 0.6 is 0 Å². The molecule has 0 spiro atoms. The Kier molecular flexibility index (Phi) is 8.81. The Hall–Kier alpha value is -3.98. The number of aryl methyl sites for hydroxylation is 3. The topological polar surface area (TPSA) is 93.3 Å². The second-order valence-electron chi connectivity index (χ2n) is 13.3. The number of pyridine rings is 1. The highest BCUT2D eigenvalue weighted by Gasteiger charge is 2.25. The standard InChI is InChI=1S/C38H43N3O4S/c1-26-5-15-32(16-6-26)46(44,45)41-22-19-33-35(25-40(4)37(42)36(33)41)34-24-31(38(2,3)43)14-13-30(34)23-29-11-9-27(10-12-29)7-8-28-17-20-39-21-18-28/h5-6,9-16,19,22,24-25,28,39,43H,7-8,17-18,20-21,23H2,1-4H3. The number of nitrogens with zero attached hydrogens (tertiary/aromatic N) is 2. The minimum atomic E-state index is -4.02. The Bertz CT molecular complexity index is 2030. The minimum Gasteiger partial charge on any atom is -0.386 e. The van der Waals surface area contributed by atoms with Crippen LogP contribution in [0, 0.1) is 12.8 Å². The van der Waals surface area contributed by atoms with E-state index in [0.717, 1.165) is 62.8 Å². The van der Waals surface area contributed by atoms with Crippen LogP contribution in [0.3, 0.4) is 0 Å². The predicted molar refractivity (Wildman–Crippen MR) is 185 cm³/mol. The first-order valence-electron chi connectivity index (χ1n) is 16.1. The first kappa shape index (κ1) is 32.0. The van der Waals surface area contributed by atoms with Crippen molar-refractivity contribution in [2.24, 2.45) is 13.0 Å². The molecular formula is C38H43N3O4S. The van der Waals surface area contributed by atoms with Crippen molar-refractivity contribution >= 4 is 20.9 Å². The number of aliphatic hydroxyl groups is 1. The predicted octanol–water partition coefficient (Wildman–Crippen LogP) is 6.30. The van der Waals surface area contributed by atoms with E-state index in [1.807, 2.05) is 25.1 Å². The number of benzene rings is 3. The molecule has 1 saturated heterocycles. The number of hydrogen-bond acceptors (Lipinski definition) is 5. The van der Waals surface area contributed by atoms with Gasteiger partial charge in [0, 0.05) is 30.4 Å². The van der Waals surface area contributed by atoms with Crippen molar-refractivity contribution in [1.82, 2.24) is 13.9 Å². The van der Waals surface area contributed by atoms with Gasteiger partial charge >= 0.3 is 0 Å². The Morgan fingerprint density at radius 2 is 1.59 bits per heavy atom. The summed E-state index contributed by atoms with van der Waals surface area (Å²) < 4.78 is 30.1. The highest BCUT2D eigenvalue weighted by atomic mass is 32.2. The summed E-state index contributed by atoms with van der Waals surface area (Å²) in [7, 11) is -2.38. The van der Waals surface area contributed by atoms with E-state index in [0.29, 0.717) is 11.8 Å². The Balaban J connectivity index is 1.40. The second-order valence-corrected chi connectivity index (χ2v) is 15.1. The fourth-order valence-corrected chi connectivity index (χ4v) is 7.86. The maximum atomic E-state index is 13.8. The molecule has 0 unspecified atom stereocenters. The van der Waals surface area contributed by atoms with Crippen LogP contribution in [0.1, 0.15) is 60.9 Å². The van der Waals surface area contributed by atoms with Crippen molar-refractivity contribution in [3.05, 3.63) is 123 Å². The first-order valence-corrected chi connectivity index (χ1v) is 17.5. The monoisotopic (exact) mass is 637 g/mol. The van der Waals surface area contributed by atoms with Gasteiger partial charge in [0.1, 0.15) is 5.52 Å². The average Bonchev–Trinajstić information content (AvgIpc) is 3.50. The summed E-state index contributed by atoms with van der Waals surface area (Å²) in [6.07, 6.45) is 8.67. The first-order chi connectivity index (χ1) is 21.9. The molecule has 2 aromatic heterocycles. The number of rotatable bonds is 9. The molecule has 0 saturated carbocycles. The maximum absolute atomic E-state index is 13.8. The second kappa shape index (κ2) is 12.7. The zero-order chi connectivity index (χ0) is 32.6. The molecule has 1 fully saturated rings. The fraction of sp³-hybridized carbons (Fsp3) is 0.342. The number of aromatic nitrogens is 2. The minimum absolute atomic E-state index is 0.0956. The largest absolute Gasteiger partial charge is 0.386 e. The number of piperidine rings is 1. The number of nitrogens with one attached hydrogen (secondary N) is 1. The van der Waals surface area contributed by atoms with E-state index in [1.54, 1.807) is 57.4 Å². The number of hydrogen-bond donors (Lipinski definition) is 2. The molecule has 8 heteroatoms. The van der Waals surface area contributed by atoms with Gasteiger partial charge in [0.2, 0.25) is 0 Å². The summed E-state index contributed by atoms with van der Waals surface area (Å²) >= 11 is 0. The molecule has 3 heterocycles. The van der Waals surface area contributed by atoms with Gasteiger partial charge in [0.05, 0.1) is 10.5 Å². The van der Waals surface area contributed by atoms with Gasteiger partial charge in [-0.1, -0.05) is 54.1 Å². The van der Waals surface area contributed by atoms with Crippen LogP contribution < -0.4 is 10.9 Å². The molecule has 2 N–H and O–H groups in total. The maximum Gasteiger partial charge on any atom is 0.275 e. The summed E-state index contributed by atoms with van der Waals surface area (Å²) in [6.45, 7) is 7.62. The third-order valence-electron chi connectivity index (χ3n) is 9.39. The van der Waals surface area contributed by atoms with Crippen molar-refractivity contribution in [3.63, 3.8) is 0 Å². The molecule has 1 aliphatic rings. The molecule has 0 aliphatic carbocycles. The zero-order valence-electron chi connectivity index (χ0n) is 27.1. The van der Waals surface area contributed by atoms with Gasteiger partial charge in [-0.25, -0.2) is 12.4 Å². The van der Waals surface area contributed by atoms with Gasteiger partial charge in [-0.15, -0.1) is 0 Å². The molecule has 5 aromatic rings. The van der Waals surface area contributed by atoms with Crippen LogP contribution in [-0.4, -0.2) is 35.2 Å². The van der Waals surface area contributed by atoms with Gasteiger partial charge in [-0.3, -0.25) is 4.79 Å². The molecule has 0 bridgehead atoms. The summed E-state index contributed by atoms with van der Waals surface area (Å²) in [5.41, 5.74) is 5.37. The van der Waals surface area contributed by atoms with Crippen LogP contribution in [0.4, 0.5) is 0 Å². The van der Waals surface area contributed by atoms with Crippen LogP contribution in [0.25, 0.3) is 22.0 Å². The van der Waals surface area contributed by atoms with Crippen molar-refractivity contribution in [3.8, 4) is 11.1 Å². The highest BCUT2D eigenvalue weighted by Crippen LogP contribution is 2.35. The Labute approximate surface area is 271 Å². The smallest absolute Gasteiger partial charge is 0.275 e. The molecular weight excluding hydrogens is 595 g/mol. The van der Waals surface area contributed by atoms with Gasteiger partial charge in [0.25, 0.3) is 15.6 Å². The Morgan fingerprint density at radius 3 is 2.26 bits per heavy atom. The van der Waals surface area contributed by atoms with Crippen LogP contribution in [-0.2, 0) is 35.5 Å². The zero-order valence-corrected chi connectivity index (χ0v) is 27.9. The van der Waals surface area contributed by atoms with Gasteiger partial charge in [0.15, 0.2) is 0 Å². The average molecular weight is 638 g/mol. The van der Waals surface area contributed by atoms with Gasteiger partial charge in [-0.2, -0.15) is 0 Å². The van der Waals surface area contributed by atoms with Crippen LogP contribution in [0.5, 0.6) is 0 Å². The molecule has 46 heavy (non-hydrogen) atoms. The van der Waals surface area contributed by atoms with E-state index in [4.69, 9.17) is 0 Å². The fourth-order valence-electron chi connectivity index (χ4n) is 6.52. The van der Waals surface area contributed by atoms with Crippen molar-refractivity contribution in [1.29, 1.82) is 0 Å². The van der Waals surface area contributed by atoms with E-state index in [1.165, 1.54) is 35.6 Å². The summed E-state index contributed by atoms with van der Waals surface area (Å²) in [4.78, 5) is 13.7. The molecule has 3 aromatic carbocycles. The van der Waals surface area contributed by atoms with E-state index in [2.05, 4.69) is 29.6 Å². The van der Waals surface area contributed by atoms with E-state index in [-0.39, 0.29) is 10.4 Å². The SMILES string of the molecule is Cc1ccc(S(=O)(=O)n2ccc3c(-c4cc(C(C)(C)O)ccc4Cc4ccc(CCC5CCNCC5)cc4)cn(C)c(=O)c32)cc1. The Morgan fingerprint density at radius 1 is 0.913 bits per heavy atom. The summed E-state index contributed by atoms with van der Waals surface area (Å²) in [5.74, 6) is 0.790. The highest BCUT2D eigenvalue weighted by molar-refractivity contribution is 7.90. The lowest BCUT2D eigenvalue weighted by Crippen LogP contribution is -2.27. The third kappa shape index (κ3) is 6.47. The quantitative estimate of drug-likeness (QED) is 0.198. The van der Waals surface area contributed by atoms with Crippen LogP contribution in [0.15, 0.2) is 94.9 Å². The van der Waals surface area contributed by atoms with Crippen molar-refractivity contribution < 1.29 is 13.5 Å².